The van der Waals surface area contributed by atoms with Crippen LogP contribution in [0.4, 0.5) is 27.2 Å². The minimum atomic E-state index is -0.380. The number of anilines is 4. The molecule has 1 saturated heterocycles. The molecule has 2 aromatic heterocycles. The Morgan fingerprint density at radius 2 is 2.07 bits per heavy atom. The Bertz CT molecular complexity index is 1080. The first-order valence-electron chi connectivity index (χ1n) is 8.89. The number of rotatable bonds is 5. The Morgan fingerprint density at radius 3 is 2.83 bits per heavy atom. The highest BCUT2D eigenvalue weighted by Crippen LogP contribution is 2.35. The van der Waals surface area contributed by atoms with E-state index < -0.39 is 0 Å². The van der Waals surface area contributed by atoms with E-state index in [1.807, 2.05) is 19.1 Å². The monoisotopic (exact) mass is 410 g/mol. The summed E-state index contributed by atoms with van der Waals surface area (Å²) in [6.45, 7) is 4.20. The van der Waals surface area contributed by atoms with Gasteiger partial charge in [0.15, 0.2) is 5.13 Å². The SMILES string of the molecule is CC(=O)Nc1cccc(Nc2nccc(-c3sc(N4CCOC4=O)nc3C)n2)c1. The molecule has 1 aliphatic rings. The topological polar surface area (TPSA) is 109 Å². The average molecular weight is 410 g/mol. The normalized spacial score (nSPS) is 13.3. The van der Waals surface area contributed by atoms with E-state index in [2.05, 4.69) is 25.6 Å². The van der Waals surface area contributed by atoms with Gasteiger partial charge in [0.05, 0.1) is 22.8 Å². The molecule has 0 aliphatic carbocycles. The first-order chi connectivity index (χ1) is 14.0. The van der Waals surface area contributed by atoms with Gasteiger partial charge in [-0.1, -0.05) is 17.4 Å². The maximum absolute atomic E-state index is 11.8. The Kier molecular flexibility index (Phi) is 5.09. The van der Waals surface area contributed by atoms with Gasteiger partial charge in [-0.15, -0.1) is 0 Å². The molecule has 0 unspecified atom stereocenters. The van der Waals surface area contributed by atoms with Crippen molar-refractivity contribution in [3.05, 3.63) is 42.2 Å². The van der Waals surface area contributed by atoms with Gasteiger partial charge in [0.2, 0.25) is 11.9 Å². The van der Waals surface area contributed by atoms with Gasteiger partial charge in [-0.05, 0) is 31.2 Å². The van der Waals surface area contributed by atoms with Gasteiger partial charge in [-0.2, -0.15) is 0 Å². The van der Waals surface area contributed by atoms with Crippen LogP contribution in [0.2, 0.25) is 0 Å². The van der Waals surface area contributed by atoms with Crippen molar-refractivity contribution in [2.24, 2.45) is 0 Å². The van der Waals surface area contributed by atoms with Crippen molar-refractivity contribution in [1.29, 1.82) is 0 Å². The molecule has 2 N–H and O–H groups in total. The summed E-state index contributed by atoms with van der Waals surface area (Å²) in [6, 6.07) is 9.08. The van der Waals surface area contributed by atoms with E-state index >= 15 is 0 Å². The Labute approximate surface area is 170 Å². The lowest BCUT2D eigenvalue weighted by atomic mass is 10.2. The van der Waals surface area contributed by atoms with Gasteiger partial charge in [-0.25, -0.2) is 24.6 Å². The average Bonchev–Trinajstić information content (AvgIpc) is 3.27. The van der Waals surface area contributed by atoms with Crippen LogP contribution in [0.1, 0.15) is 12.6 Å². The highest BCUT2D eigenvalue weighted by atomic mass is 32.1. The number of hydrogen-bond acceptors (Lipinski definition) is 8. The number of carbonyl (C=O) groups is 2. The lowest BCUT2D eigenvalue weighted by Crippen LogP contribution is -2.22. The number of nitrogens with one attached hydrogen (secondary N) is 2. The highest BCUT2D eigenvalue weighted by Gasteiger charge is 2.27. The third-order valence-corrected chi connectivity index (χ3v) is 5.31. The zero-order valence-electron chi connectivity index (χ0n) is 15.8. The van der Waals surface area contributed by atoms with Crippen LogP contribution in [-0.4, -0.2) is 40.1 Å². The number of cyclic esters (lactones) is 1. The van der Waals surface area contributed by atoms with Crippen LogP contribution in [-0.2, 0) is 9.53 Å². The van der Waals surface area contributed by atoms with Gasteiger partial charge in [0.1, 0.15) is 6.61 Å². The number of aromatic nitrogens is 3. The zero-order valence-corrected chi connectivity index (χ0v) is 16.6. The summed E-state index contributed by atoms with van der Waals surface area (Å²) in [5.41, 5.74) is 2.91. The number of thiazole rings is 1. The van der Waals surface area contributed by atoms with Crippen LogP contribution in [0.15, 0.2) is 36.5 Å². The number of hydrogen-bond donors (Lipinski definition) is 2. The number of ether oxygens (including phenoxy) is 1. The van der Waals surface area contributed by atoms with E-state index in [9.17, 15) is 9.59 Å². The molecule has 0 spiro atoms. The Hall–Kier alpha value is -3.53. The molecular formula is C19H18N6O3S. The number of carbonyl (C=O) groups excluding carboxylic acids is 2. The molecule has 0 bridgehead atoms. The molecule has 3 aromatic rings. The fourth-order valence-corrected chi connectivity index (χ4v) is 3.91. The molecule has 0 saturated carbocycles. The van der Waals surface area contributed by atoms with Gasteiger partial charge in [-0.3, -0.25) is 4.79 Å². The predicted octanol–water partition coefficient (Wildman–Crippen LogP) is 3.57. The van der Waals surface area contributed by atoms with Crippen molar-refractivity contribution in [3.63, 3.8) is 0 Å². The molecule has 4 rings (SSSR count). The smallest absolute Gasteiger partial charge is 0.416 e. The quantitative estimate of drug-likeness (QED) is 0.662. The molecule has 2 amide bonds. The van der Waals surface area contributed by atoms with Crippen molar-refractivity contribution in [1.82, 2.24) is 15.0 Å². The molecule has 3 heterocycles. The standard InChI is InChI=1S/C19H18N6O3S/c1-11-16(29-18(21-11)25-8-9-28-19(25)27)15-6-7-20-17(24-15)23-14-5-3-4-13(10-14)22-12(2)26/h3-7,10H,8-9H2,1-2H3,(H,22,26)(H,20,23,24). The van der Waals surface area contributed by atoms with Gasteiger partial charge in [0, 0.05) is 24.5 Å². The molecular weight excluding hydrogens is 392 g/mol. The molecule has 10 heteroatoms. The molecule has 9 nitrogen and oxygen atoms in total. The molecule has 29 heavy (non-hydrogen) atoms. The minimum absolute atomic E-state index is 0.140. The maximum Gasteiger partial charge on any atom is 0.416 e. The second kappa shape index (κ2) is 7.84. The fraction of sp³-hybridized carbons (Fsp3) is 0.211. The Morgan fingerprint density at radius 1 is 1.24 bits per heavy atom. The summed E-state index contributed by atoms with van der Waals surface area (Å²) in [5.74, 6) is 0.274. The second-order valence-electron chi connectivity index (χ2n) is 6.33. The zero-order chi connectivity index (χ0) is 20.4. The summed E-state index contributed by atoms with van der Waals surface area (Å²) in [5, 5.41) is 6.48. The predicted molar refractivity (Wildman–Crippen MR) is 111 cm³/mol. The van der Waals surface area contributed by atoms with Crippen molar-refractivity contribution in [2.75, 3.05) is 28.7 Å². The van der Waals surface area contributed by atoms with Crippen LogP contribution in [0.25, 0.3) is 10.6 Å². The summed E-state index contributed by atoms with van der Waals surface area (Å²) in [7, 11) is 0. The molecule has 148 valence electrons. The van der Waals surface area contributed by atoms with Crippen LogP contribution in [0, 0.1) is 6.92 Å². The lowest BCUT2D eigenvalue weighted by Gasteiger charge is -2.08. The first kappa shape index (κ1) is 18.8. The summed E-state index contributed by atoms with van der Waals surface area (Å²) < 4.78 is 4.99. The van der Waals surface area contributed by atoms with E-state index in [1.54, 1.807) is 24.4 Å². The van der Waals surface area contributed by atoms with E-state index in [1.165, 1.54) is 23.2 Å². The van der Waals surface area contributed by atoms with Crippen LogP contribution < -0.4 is 15.5 Å². The lowest BCUT2D eigenvalue weighted by molar-refractivity contribution is -0.114. The third-order valence-electron chi connectivity index (χ3n) is 4.10. The van der Waals surface area contributed by atoms with E-state index in [0.717, 1.165) is 16.3 Å². The fourth-order valence-electron chi connectivity index (χ4n) is 2.85. The van der Waals surface area contributed by atoms with Gasteiger partial charge in [0.25, 0.3) is 0 Å². The van der Waals surface area contributed by atoms with Gasteiger partial charge >= 0.3 is 6.09 Å². The van der Waals surface area contributed by atoms with E-state index in [-0.39, 0.29) is 12.0 Å². The highest BCUT2D eigenvalue weighted by molar-refractivity contribution is 7.19. The largest absolute Gasteiger partial charge is 0.447 e. The number of aryl methyl sites for hydroxylation is 1. The second-order valence-corrected chi connectivity index (χ2v) is 7.31. The van der Waals surface area contributed by atoms with Crippen molar-refractivity contribution in [3.8, 4) is 10.6 Å². The maximum atomic E-state index is 11.8. The van der Waals surface area contributed by atoms with E-state index in [4.69, 9.17) is 4.74 Å². The minimum Gasteiger partial charge on any atom is -0.447 e. The number of amides is 2. The molecule has 1 aliphatic heterocycles. The summed E-state index contributed by atoms with van der Waals surface area (Å²) in [6.07, 6.45) is 1.28. The summed E-state index contributed by atoms with van der Waals surface area (Å²) in [4.78, 5) is 38.8. The number of nitrogens with zero attached hydrogens (tertiary/aromatic N) is 4. The van der Waals surface area contributed by atoms with Crippen LogP contribution in [0.5, 0.6) is 0 Å². The van der Waals surface area contributed by atoms with Crippen molar-refractivity contribution >= 4 is 45.8 Å². The van der Waals surface area contributed by atoms with Crippen molar-refractivity contribution in [2.45, 2.75) is 13.8 Å². The first-order valence-corrected chi connectivity index (χ1v) is 9.71. The molecule has 0 atom stereocenters. The summed E-state index contributed by atoms with van der Waals surface area (Å²) >= 11 is 1.39. The number of benzene rings is 1. The Balaban J connectivity index is 1.57. The molecule has 1 aromatic carbocycles. The van der Waals surface area contributed by atoms with Crippen LogP contribution in [0.3, 0.4) is 0 Å². The van der Waals surface area contributed by atoms with Gasteiger partial charge < -0.3 is 15.4 Å². The van der Waals surface area contributed by atoms with Crippen molar-refractivity contribution < 1.29 is 14.3 Å². The van der Waals surface area contributed by atoms with E-state index in [0.29, 0.717) is 35.6 Å². The molecule has 1 fully saturated rings. The molecule has 0 radical (unpaired) electrons. The third kappa shape index (κ3) is 4.16. The van der Waals surface area contributed by atoms with Crippen LogP contribution >= 0.6 is 11.3 Å².